The fourth-order valence-corrected chi connectivity index (χ4v) is 2.46. The number of benzene rings is 1. The van der Waals surface area contributed by atoms with Gasteiger partial charge >= 0.3 is 0 Å². The van der Waals surface area contributed by atoms with Crippen LogP contribution in [-0.2, 0) is 11.2 Å². The summed E-state index contributed by atoms with van der Waals surface area (Å²) in [5, 5.41) is 2.94. The maximum atomic E-state index is 12.1. The fraction of sp³-hybridized carbons (Fsp3) is 0.500. The summed E-state index contributed by atoms with van der Waals surface area (Å²) in [6.07, 6.45) is 1.99. The Bertz CT molecular complexity index is 479. The molecule has 1 unspecified atom stereocenters. The summed E-state index contributed by atoms with van der Waals surface area (Å²) >= 11 is 0. The Morgan fingerprint density at radius 1 is 1.32 bits per heavy atom. The molecule has 3 heteroatoms. The van der Waals surface area contributed by atoms with Gasteiger partial charge in [-0.25, -0.2) is 0 Å². The molecule has 1 atom stereocenters. The molecule has 1 N–H and O–H groups in total. The molecule has 1 amide bonds. The lowest BCUT2D eigenvalue weighted by atomic mass is 9.82. The van der Waals surface area contributed by atoms with Crippen LogP contribution in [0.5, 0.6) is 0 Å². The summed E-state index contributed by atoms with van der Waals surface area (Å²) in [5.41, 5.74) is 1.79. The van der Waals surface area contributed by atoms with E-state index in [9.17, 15) is 9.59 Å². The predicted octanol–water partition coefficient (Wildman–Crippen LogP) is 2.59. The van der Waals surface area contributed by atoms with E-state index in [1.807, 2.05) is 24.3 Å². The molecule has 1 aromatic carbocycles. The first-order valence-corrected chi connectivity index (χ1v) is 6.96. The summed E-state index contributed by atoms with van der Waals surface area (Å²) in [5.74, 6) is 0.484. The number of ketones is 1. The Balaban J connectivity index is 1.97. The molecule has 0 aliphatic heterocycles. The van der Waals surface area contributed by atoms with E-state index in [4.69, 9.17) is 0 Å². The maximum Gasteiger partial charge on any atom is 0.223 e. The van der Waals surface area contributed by atoms with Gasteiger partial charge in [-0.05, 0) is 24.3 Å². The number of carbonyl (C=O) groups is 2. The van der Waals surface area contributed by atoms with Gasteiger partial charge in [0.1, 0.15) is 0 Å². The van der Waals surface area contributed by atoms with Crippen molar-refractivity contribution in [2.75, 3.05) is 6.54 Å². The minimum atomic E-state index is -0.199. The Kier molecular flexibility index (Phi) is 4.35. The molecule has 1 aliphatic carbocycles. The smallest absolute Gasteiger partial charge is 0.223 e. The molecule has 0 bridgehead atoms. The predicted molar refractivity (Wildman–Crippen MR) is 75.0 cm³/mol. The first-order valence-electron chi connectivity index (χ1n) is 6.96. The van der Waals surface area contributed by atoms with Gasteiger partial charge < -0.3 is 5.32 Å². The van der Waals surface area contributed by atoms with Crippen molar-refractivity contribution in [3.05, 3.63) is 35.4 Å². The van der Waals surface area contributed by atoms with Crippen LogP contribution >= 0.6 is 0 Å². The lowest BCUT2D eigenvalue weighted by molar-refractivity contribution is -0.125. The summed E-state index contributed by atoms with van der Waals surface area (Å²) in [6.45, 7) is 4.96. The second-order valence-electron chi connectivity index (χ2n) is 5.66. The molecule has 0 fully saturated rings. The zero-order valence-electron chi connectivity index (χ0n) is 11.6. The summed E-state index contributed by atoms with van der Waals surface area (Å²) < 4.78 is 0. The zero-order valence-corrected chi connectivity index (χ0v) is 11.6. The summed E-state index contributed by atoms with van der Waals surface area (Å²) in [4.78, 5) is 24.1. The molecular formula is C16H21NO2. The topological polar surface area (TPSA) is 46.2 Å². The van der Waals surface area contributed by atoms with Crippen LogP contribution in [0.1, 0.15) is 42.6 Å². The standard InChI is InChI=1S/C16H21NO2/c1-11(2)7-8-17-16(19)13-9-12-5-3-4-6-14(12)15(18)10-13/h3-6,11,13H,7-10H2,1-2H3,(H,17,19). The average molecular weight is 259 g/mol. The average Bonchev–Trinajstić information content (AvgIpc) is 2.38. The van der Waals surface area contributed by atoms with E-state index in [0.717, 1.165) is 17.5 Å². The van der Waals surface area contributed by atoms with Crippen molar-refractivity contribution in [1.82, 2.24) is 5.32 Å². The van der Waals surface area contributed by atoms with Gasteiger partial charge in [0.2, 0.25) is 5.91 Å². The molecule has 1 aromatic rings. The lowest BCUT2D eigenvalue weighted by Gasteiger charge is -2.23. The van der Waals surface area contributed by atoms with Crippen molar-refractivity contribution in [2.45, 2.75) is 33.1 Å². The fourth-order valence-electron chi connectivity index (χ4n) is 2.46. The molecule has 2 rings (SSSR count). The monoisotopic (exact) mass is 259 g/mol. The van der Waals surface area contributed by atoms with Crippen molar-refractivity contribution in [1.29, 1.82) is 0 Å². The third kappa shape index (κ3) is 3.43. The number of carbonyl (C=O) groups excluding carboxylic acids is 2. The number of hydrogen-bond acceptors (Lipinski definition) is 2. The quantitative estimate of drug-likeness (QED) is 0.903. The highest BCUT2D eigenvalue weighted by Crippen LogP contribution is 2.25. The van der Waals surface area contributed by atoms with Crippen LogP contribution in [-0.4, -0.2) is 18.2 Å². The van der Waals surface area contributed by atoms with Gasteiger partial charge in [0.25, 0.3) is 0 Å². The van der Waals surface area contributed by atoms with Gasteiger partial charge in [0, 0.05) is 24.4 Å². The number of rotatable bonds is 4. The van der Waals surface area contributed by atoms with Crippen LogP contribution in [0.25, 0.3) is 0 Å². The van der Waals surface area contributed by atoms with Gasteiger partial charge in [-0.15, -0.1) is 0 Å². The lowest BCUT2D eigenvalue weighted by Crippen LogP contribution is -2.36. The van der Waals surface area contributed by atoms with E-state index < -0.39 is 0 Å². The maximum absolute atomic E-state index is 12.1. The third-order valence-electron chi connectivity index (χ3n) is 3.61. The van der Waals surface area contributed by atoms with Gasteiger partial charge in [-0.3, -0.25) is 9.59 Å². The van der Waals surface area contributed by atoms with Crippen LogP contribution in [0.2, 0.25) is 0 Å². The number of hydrogen-bond donors (Lipinski definition) is 1. The van der Waals surface area contributed by atoms with E-state index in [-0.39, 0.29) is 17.6 Å². The number of Topliss-reactive ketones (excluding diaryl/α,β-unsaturated/α-hetero) is 1. The summed E-state index contributed by atoms with van der Waals surface area (Å²) in [7, 11) is 0. The van der Waals surface area contributed by atoms with Crippen molar-refractivity contribution >= 4 is 11.7 Å². The Morgan fingerprint density at radius 3 is 2.79 bits per heavy atom. The Hall–Kier alpha value is -1.64. The van der Waals surface area contributed by atoms with Crippen LogP contribution in [0.4, 0.5) is 0 Å². The third-order valence-corrected chi connectivity index (χ3v) is 3.61. The number of amides is 1. The van der Waals surface area contributed by atoms with E-state index in [0.29, 0.717) is 25.3 Å². The van der Waals surface area contributed by atoms with Crippen molar-refractivity contribution in [3.63, 3.8) is 0 Å². The van der Waals surface area contributed by atoms with Crippen LogP contribution in [0, 0.1) is 11.8 Å². The highest BCUT2D eigenvalue weighted by Gasteiger charge is 2.29. The largest absolute Gasteiger partial charge is 0.356 e. The van der Waals surface area contributed by atoms with Crippen LogP contribution in [0.3, 0.4) is 0 Å². The highest BCUT2D eigenvalue weighted by molar-refractivity contribution is 6.01. The van der Waals surface area contributed by atoms with Gasteiger partial charge in [-0.2, -0.15) is 0 Å². The Morgan fingerprint density at radius 2 is 2.05 bits per heavy atom. The summed E-state index contributed by atoms with van der Waals surface area (Å²) in [6, 6.07) is 7.59. The van der Waals surface area contributed by atoms with E-state index in [1.165, 1.54) is 0 Å². The number of nitrogens with one attached hydrogen (secondary N) is 1. The molecule has 0 radical (unpaired) electrons. The molecule has 102 valence electrons. The molecule has 0 aromatic heterocycles. The molecular weight excluding hydrogens is 238 g/mol. The molecule has 0 spiro atoms. The van der Waals surface area contributed by atoms with Crippen molar-refractivity contribution < 1.29 is 9.59 Å². The van der Waals surface area contributed by atoms with Gasteiger partial charge in [-0.1, -0.05) is 38.1 Å². The van der Waals surface area contributed by atoms with E-state index >= 15 is 0 Å². The molecule has 19 heavy (non-hydrogen) atoms. The SMILES string of the molecule is CC(C)CCNC(=O)C1CC(=O)c2ccccc2C1. The van der Waals surface area contributed by atoms with Gasteiger partial charge in [0.05, 0.1) is 0 Å². The molecule has 0 saturated heterocycles. The van der Waals surface area contributed by atoms with Gasteiger partial charge in [0.15, 0.2) is 5.78 Å². The molecule has 1 aliphatic rings. The van der Waals surface area contributed by atoms with Crippen molar-refractivity contribution in [2.24, 2.45) is 11.8 Å². The second-order valence-corrected chi connectivity index (χ2v) is 5.66. The minimum Gasteiger partial charge on any atom is -0.356 e. The van der Waals surface area contributed by atoms with Crippen LogP contribution in [0.15, 0.2) is 24.3 Å². The number of fused-ring (bicyclic) bond motifs is 1. The second kappa shape index (κ2) is 6.00. The molecule has 0 heterocycles. The normalized spacial score (nSPS) is 18.3. The van der Waals surface area contributed by atoms with E-state index in [2.05, 4.69) is 19.2 Å². The van der Waals surface area contributed by atoms with E-state index in [1.54, 1.807) is 0 Å². The first-order chi connectivity index (χ1) is 9.08. The van der Waals surface area contributed by atoms with Crippen molar-refractivity contribution in [3.8, 4) is 0 Å². The Labute approximate surface area is 114 Å². The molecule has 3 nitrogen and oxygen atoms in total. The zero-order chi connectivity index (χ0) is 13.8. The minimum absolute atomic E-state index is 0.0171. The highest BCUT2D eigenvalue weighted by atomic mass is 16.2. The molecule has 0 saturated carbocycles. The van der Waals surface area contributed by atoms with Crippen LogP contribution < -0.4 is 5.32 Å². The first kappa shape index (κ1) is 13.8.